The average molecular weight is 247 g/mol. The van der Waals surface area contributed by atoms with Crippen LogP contribution in [0.15, 0.2) is 30.3 Å². The normalized spacial score (nSPS) is 20.8. The van der Waals surface area contributed by atoms with E-state index >= 15 is 0 Å². The maximum absolute atomic E-state index is 12.0. The molecule has 1 aromatic rings. The minimum Gasteiger partial charge on any atom is -0.384 e. The number of benzene rings is 1. The quantitative estimate of drug-likeness (QED) is 0.813. The SMILES string of the molecule is CC1(C)OB(NC(=O)c2ccccc2)OC1(C)C. The lowest BCUT2D eigenvalue weighted by Crippen LogP contribution is -2.41. The van der Waals surface area contributed by atoms with Crippen molar-refractivity contribution < 1.29 is 14.1 Å². The van der Waals surface area contributed by atoms with Gasteiger partial charge in [-0.25, -0.2) is 0 Å². The third kappa shape index (κ3) is 2.42. The summed E-state index contributed by atoms with van der Waals surface area (Å²) in [7, 11) is -0.706. The van der Waals surface area contributed by atoms with Crippen molar-refractivity contribution in [1.29, 1.82) is 0 Å². The van der Waals surface area contributed by atoms with Crippen molar-refractivity contribution in [1.82, 2.24) is 5.23 Å². The number of carbonyl (C=O) groups is 1. The van der Waals surface area contributed by atoms with Crippen LogP contribution in [0.5, 0.6) is 0 Å². The zero-order valence-electron chi connectivity index (χ0n) is 11.2. The second-order valence-electron chi connectivity index (χ2n) is 5.43. The molecule has 0 radical (unpaired) electrons. The molecule has 4 nitrogen and oxygen atoms in total. The standard InChI is InChI=1S/C13H18BNO3/c1-12(2)13(3,4)18-14(17-12)15-11(16)10-8-6-5-7-9-10/h5-9H,1-4H3,(H,15,16). The van der Waals surface area contributed by atoms with Gasteiger partial charge in [-0.3, -0.25) is 4.79 Å². The van der Waals surface area contributed by atoms with Gasteiger partial charge in [-0.2, -0.15) is 0 Å². The van der Waals surface area contributed by atoms with Gasteiger partial charge in [0.05, 0.1) is 11.2 Å². The monoisotopic (exact) mass is 247 g/mol. The molecule has 1 aliphatic heterocycles. The lowest BCUT2D eigenvalue weighted by molar-refractivity contribution is 0.00578. The molecule has 5 heteroatoms. The molecule has 1 N–H and O–H groups in total. The summed E-state index contributed by atoms with van der Waals surface area (Å²) < 4.78 is 11.4. The van der Waals surface area contributed by atoms with Gasteiger partial charge in [0.25, 0.3) is 0 Å². The predicted octanol–water partition coefficient (Wildman–Crippen LogP) is 2.01. The number of rotatable bonds is 2. The van der Waals surface area contributed by atoms with Gasteiger partial charge in [0.15, 0.2) is 0 Å². The molecule has 1 aliphatic rings. The van der Waals surface area contributed by atoms with Crippen molar-refractivity contribution in [3.63, 3.8) is 0 Å². The maximum atomic E-state index is 12.0. The van der Waals surface area contributed by atoms with E-state index in [1.54, 1.807) is 12.1 Å². The molecule has 0 bridgehead atoms. The molecule has 0 aromatic heterocycles. The van der Waals surface area contributed by atoms with Crippen LogP contribution in [0.2, 0.25) is 0 Å². The highest BCUT2D eigenvalue weighted by atomic mass is 16.7. The fourth-order valence-corrected chi connectivity index (χ4v) is 1.68. The van der Waals surface area contributed by atoms with Gasteiger partial charge in [-0.05, 0) is 39.8 Å². The summed E-state index contributed by atoms with van der Waals surface area (Å²) in [4.78, 5) is 12.0. The Hall–Kier alpha value is -1.33. The Morgan fingerprint density at radius 1 is 1.06 bits per heavy atom. The lowest BCUT2D eigenvalue weighted by atomic mass is 9.90. The predicted molar refractivity (Wildman–Crippen MR) is 70.0 cm³/mol. The number of hydrogen-bond acceptors (Lipinski definition) is 3. The second-order valence-corrected chi connectivity index (χ2v) is 5.43. The Morgan fingerprint density at radius 2 is 1.56 bits per heavy atom. The van der Waals surface area contributed by atoms with E-state index in [4.69, 9.17) is 9.31 Å². The Morgan fingerprint density at radius 3 is 2.06 bits per heavy atom. The molecular formula is C13H18BNO3. The summed E-state index contributed by atoms with van der Waals surface area (Å²) in [6, 6.07) is 9.00. The van der Waals surface area contributed by atoms with Crippen molar-refractivity contribution in [3.05, 3.63) is 35.9 Å². The first-order valence-electron chi connectivity index (χ1n) is 6.03. The minimum atomic E-state index is -0.706. The number of nitrogens with one attached hydrogen (secondary N) is 1. The third-order valence-corrected chi connectivity index (χ3v) is 3.54. The zero-order valence-corrected chi connectivity index (χ0v) is 11.2. The van der Waals surface area contributed by atoms with E-state index in [0.717, 1.165) is 0 Å². The summed E-state index contributed by atoms with van der Waals surface area (Å²) in [6.45, 7) is 7.78. The summed E-state index contributed by atoms with van der Waals surface area (Å²) >= 11 is 0. The summed E-state index contributed by atoms with van der Waals surface area (Å²) in [5, 5.41) is 2.72. The fourth-order valence-electron chi connectivity index (χ4n) is 1.68. The van der Waals surface area contributed by atoms with E-state index in [1.165, 1.54) is 0 Å². The maximum Gasteiger partial charge on any atom is 0.594 e. The molecule has 1 aromatic carbocycles. The first-order valence-corrected chi connectivity index (χ1v) is 6.03. The van der Waals surface area contributed by atoms with Gasteiger partial charge in [0.2, 0.25) is 5.91 Å². The molecule has 1 amide bonds. The van der Waals surface area contributed by atoms with Crippen LogP contribution in [0.25, 0.3) is 0 Å². The molecule has 0 saturated carbocycles. The summed E-state index contributed by atoms with van der Waals surface area (Å²) in [5.41, 5.74) is -0.296. The smallest absolute Gasteiger partial charge is 0.384 e. The van der Waals surface area contributed by atoms with Crippen molar-refractivity contribution in [3.8, 4) is 0 Å². The van der Waals surface area contributed by atoms with E-state index < -0.39 is 18.5 Å². The molecule has 0 spiro atoms. The average Bonchev–Trinajstić information content (AvgIpc) is 2.48. The Bertz CT molecular complexity index is 429. The second kappa shape index (κ2) is 4.41. The summed E-state index contributed by atoms with van der Waals surface area (Å²) in [5.74, 6) is -0.200. The first kappa shape index (κ1) is 13.1. The molecule has 1 saturated heterocycles. The number of hydrogen-bond donors (Lipinski definition) is 1. The van der Waals surface area contributed by atoms with E-state index in [9.17, 15) is 4.79 Å². The molecule has 0 unspecified atom stereocenters. The van der Waals surface area contributed by atoms with Gasteiger partial charge in [0, 0.05) is 5.56 Å². The Balaban J connectivity index is 2.03. The molecule has 2 rings (SSSR count). The largest absolute Gasteiger partial charge is 0.594 e. The molecular weight excluding hydrogens is 229 g/mol. The van der Waals surface area contributed by atoms with Crippen LogP contribution >= 0.6 is 0 Å². The molecule has 18 heavy (non-hydrogen) atoms. The molecule has 1 fully saturated rings. The highest BCUT2D eigenvalue weighted by Crippen LogP contribution is 2.35. The summed E-state index contributed by atoms with van der Waals surface area (Å²) in [6.07, 6.45) is 0. The van der Waals surface area contributed by atoms with Gasteiger partial charge >= 0.3 is 7.25 Å². The van der Waals surface area contributed by atoms with Gasteiger partial charge in [-0.1, -0.05) is 18.2 Å². The number of amides is 1. The molecule has 96 valence electrons. The highest BCUT2D eigenvalue weighted by molar-refractivity contribution is 6.47. The van der Waals surface area contributed by atoms with Crippen molar-refractivity contribution in [2.75, 3.05) is 0 Å². The van der Waals surface area contributed by atoms with Crippen molar-refractivity contribution in [2.24, 2.45) is 0 Å². The Labute approximate surface area is 108 Å². The minimum absolute atomic E-state index is 0.200. The highest BCUT2D eigenvalue weighted by Gasteiger charge is 2.52. The first-order chi connectivity index (χ1) is 8.32. The Kier molecular flexibility index (Phi) is 3.21. The van der Waals surface area contributed by atoms with E-state index in [-0.39, 0.29) is 5.91 Å². The van der Waals surface area contributed by atoms with Gasteiger partial charge < -0.3 is 14.5 Å². The van der Waals surface area contributed by atoms with Crippen LogP contribution in [-0.4, -0.2) is 24.4 Å². The van der Waals surface area contributed by atoms with E-state index in [0.29, 0.717) is 5.56 Å². The molecule has 0 aliphatic carbocycles. The van der Waals surface area contributed by atoms with Crippen LogP contribution in [-0.2, 0) is 9.31 Å². The van der Waals surface area contributed by atoms with Crippen LogP contribution in [0.3, 0.4) is 0 Å². The number of carbonyl (C=O) groups excluding carboxylic acids is 1. The van der Waals surface area contributed by atoms with E-state index in [2.05, 4.69) is 5.23 Å². The van der Waals surface area contributed by atoms with Crippen LogP contribution in [0.4, 0.5) is 0 Å². The van der Waals surface area contributed by atoms with Crippen molar-refractivity contribution >= 4 is 13.2 Å². The van der Waals surface area contributed by atoms with Crippen LogP contribution in [0.1, 0.15) is 38.1 Å². The lowest BCUT2D eigenvalue weighted by Gasteiger charge is -2.32. The van der Waals surface area contributed by atoms with Crippen LogP contribution in [0, 0.1) is 0 Å². The molecule has 0 atom stereocenters. The van der Waals surface area contributed by atoms with Gasteiger partial charge in [-0.15, -0.1) is 0 Å². The van der Waals surface area contributed by atoms with Crippen molar-refractivity contribution in [2.45, 2.75) is 38.9 Å². The topological polar surface area (TPSA) is 47.6 Å². The molecule has 1 heterocycles. The fraction of sp³-hybridized carbons (Fsp3) is 0.462. The third-order valence-electron chi connectivity index (χ3n) is 3.54. The van der Waals surface area contributed by atoms with E-state index in [1.807, 2.05) is 45.9 Å². The van der Waals surface area contributed by atoms with Crippen LogP contribution < -0.4 is 5.23 Å². The zero-order chi connectivity index (χ0) is 13.4. The van der Waals surface area contributed by atoms with Gasteiger partial charge in [0.1, 0.15) is 0 Å².